The molecule has 41 heavy (non-hydrogen) atoms. The van der Waals surface area contributed by atoms with Gasteiger partial charge in [-0.1, -0.05) is 25.1 Å². The maximum absolute atomic E-state index is 13.9. The van der Waals surface area contributed by atoms with Crippen LogP contribution in [0.4, 0.5) is 0 Å². The van der Waals surface area contributed by atoms with Crippen LogP contribution in [0.1, 0.15) is 52.0 Å². The number of nitrogens with two attached hydrogens (primary N) is 1. The summed E-state index contributed by atoms with van der Waals surface area (Å²) in [5.41, 5.74) is 0.750. The van der Waals surface area contributed by atoms with E-state index in [1.165, 1.54) is 19.6 Å². The molecule has 1 aliphatic rings. The van der Waals surface area contributed by atoms with Gasteiger partial charge in [0.1, 0.15) is 17.3 Å². The summed E-state index contributed by atoms with van der Waals surface area (Å²) in [6, 6.07) is 12.6. The molecule has 0 radical (unpaired) electrons. The van der Waals surface area contributed by atoms with Gasteiger partial charge >= 0.3 is 0 Å². The highest BCUT2D eigenvalue weighted by Gasteiger charge is 2.33. The van der Waals surface area contributed by atoms with Gasteiger partial charge in [0.05, 0.1) is 20.3 Å². The van der Waals surface area contributed by atoms with Gasteiger partial charge in [-0.15, -0.1) is 0 Å². The number of sulfonamides is 1. The summed E-state index contributed by atoms with van der Waals surface area (Å²) in [5.74, 6) is 2.43. The highest BCUT2D eigenvalue weighted by atomic mass is 32.2. The van der Waals surface area contributed by atoms with Gasteiger partial charge in [-0.25, -0.2) is 13.6 Å². The molecule has 1 aliphatic carbocycles. The molecule has 2 aromatic rings. The van der Waals surface area contributed by atoms with Gasteiger partial charge in [-0.2, -0.15) is 0 Å². The lowest BCUT2D eigenvalue weighted by Gasteiger charge is -2.40. The normalized spacial score (nSPS) is 20.0. The SMILES string of the molecule is CCOc1ccccc1OCCN(C(=O)CC1CC(C)CC[C@H]1N(C)C)[C@@H](C)Cc1ccc(OC)c(S(N)(=O)=O)c1. The van der Waals surface area contributed by atoms with Crippen molar-refractivity contribution < 1.29 is 27.4 Å². The first-order valence-corrected chi connectivity index (χ1v) is 16.0. The number of hydrogen-bond donors (Lipinski definition) is 1. The first kappa shape index (κ1) is 32.7. The first-order valence-electron chi connectivity index (χ1n) is 14.4. The number of nitrogens with zero attached hydrogens (tertiary/aromatic N) is 2. The van der Waals surface area contributed by atoms with Gasteiger partial charge in [-0.3, -0.25) is 4.79 Å². The van der Waals surface area contributed by atoms with Crippen molar-refractivity contribution in [3.8, 4) is 17.2 Å². The number of rotatable bonds is 14. The standard InChI is InChI=1S/C31H47N3O6S/c1-7-39-27-10-8-9-11-28(27)40-17-16-34(31(35)21-25-18-22(2)12-14-26(25)33(4)5)23(3)19-24-13-15-29(38-6)30(20-24)41(32,36)37/h8-11,13,15,20,22-23,25-26H,7,12,14,16-19,21H2,1-6H3,(H2,32,36,37)/t22?,23-,25?,26+/m0/s1. The molecule has 0 aliphatic heterocycles. The number of primary sulfonamides is 1. The van der Waals surface area contributed by atoms with E-state index in [1.54, 1.807) is 6.07 Å². The smallest absolute Gasteiger partial charge is 0.241 e. The summed E-state index contributed by atoms with van der Waals surface area (Å²) >= 11 is 0. The van der Waals surface area contributed by atoms with Crippen LogP contribution in [0.25, 0.3) is 0 Å². The molecule has 2 N–H and O–H groups in total. The fourth-order valence-electron chi connectivity index (χ4n) is 5.93. The van der Waals surface area contributed by atoms with Crippen LogP contribution in [0, 0.1) is 11.8 Å². The molecule has 3 rings (SSSR count). The van der Waals surface area contributed by atoms with E-state index in [0.717, 1.165) is 18.4 Å². The number of methoxy groups -OCH3 is 1. The average Bonchev–Trinajstić information content (AvgIpc) is 2.91. The van der Waals surface area contributed by atoms with Gasteiger partial charge in [0.2, 0.25) is 15.9 Å². The Morgan fingerprint density at radius 1 is 1.07 bits per heavy atom. The Hall–Kier alpha value is -2.82. The van der Waals surface area contributed by atoms with Crippen LogP contribution in [-0.4, -0.2) is 77.2 Å². The predicted octanol–water partition coefficient (Wildman–Crippen LogP) is 4.34. The molecule has 9 nitrogen and oxygen atoms in total. The Morgan fingerprint density at radius 2 is 1.76 bits per heavy atom. The van der Waals surface area contributed by atoms with Gasteiger partial charge in [0.15, 0.2) is 11.5 Å². The van der Waals surface area contributed by atoms with E-state index >= 15 is 0 Å². The topological polar surface area (TPSA) is 111 Å². The number of ether oxygens (including phenoxy) is 3. The van der Waals surface area contributed by atoms with Gasteiger partial charge < -0.3 is 24.0 Å². The van der Waals surface area contributed by atoms with Crippen LogP contribution >= 0.6 is 0 Å². The number of para-hydroxylation sites is 2. The van der Waals surface area contributed by atoms with Crippen LogP contribution in [-0.2, 0) is 21.2 Å². The number of amides is 1. The van der Waals surface area contributed by atoms with E-state index in [2.05, 4.69) is 25.9 Å². The largest absolute Gasteiger partial charge is 0.495 e. The Morgan fingerprint density at radius 3 is 2.37 bits per heavy atom. The maximum Gasteiger partial charge on any atom is 0.241 e. The second-order valence-corrected chi connectivity index (χ2v) is 12.8. The van der Waals surface area contributed by atoms with Crippen molar-refractivity contribution in [1.29, 1.82) is 0 Å². The molecule has 10 heteroatoms. The Labute approximate surface area is 246 Å². The molecule has 0 bridgehead atoms. The van der Waals surface area contributed by atoms with Crippen molar-refractivity contribution in [2.45, 2.75) is 69.9 Å². The Bertz CT molecular complexity index is 1250. The minimum atomic E-state index is -3.97. The van der Waals surface area contributed by atoms with E-state index in [9.17, 15) is 13.2 Å². The van der Waals surface area contributed by atoms with Crippen molar-refractivity contribution in [1.82, 2.24) is 9.80 Å². The summed E-state index contributed by atoms with van der Waals surface area (Å²) in [4.78, 5) is 18.0. The summed E-state index contributed by atoms with van der Waals surface area (Å²) in [6.07, 6.45) is 4.18. The summed E-state index contributed by atoms with van der Waals surface area (Å²) in [7, 11) is 1.62. The zero-order valence-corrected chi connectivity index (χ0v) is 26.2. The molecule has 2 aromatic carbocycles. The lowest BCUT2D eigenvalue weighted by Crippen LogP contribution is -2.46. The van der Waals surface area contributed by atoms with Gasteiger partial charge in [-0.05, 0) is 95.3 Å². The molecule has 1 amide bonds. The van der Waals surface area contributed by atoms with Crippen molar-refractivity contribution in [3.05, 3.63) is 48.0 Å². The molecule has 0 aromatic heterocycles. The van der Waals surface area contributed by atoms with Crippen LogP contribution in [0.3, 0.4) is 0 Å². The predicted molar refractivity (Wildman–Crippen MR) is 161 cm³/mol. The number of carbonyl (C=O) groups is 1. The number of benzene rings is 2. The van der Waals surface area contributed by atoms with Crippen molar-refractivity contribution in [2.24, 2.45) is 17.0 Å². The molecule has 228 valence electrons. The van der Waals surface area contributed by atoms with E-state index in [0.29, 0.717) is 56.1 Å². The minimum absolute atomic E-state index is 0.0662. The lowest BCUT2D eigenvalue weighted by molar-refractivity contribution is -0.135. The van der Waals surface area contributed by atoms with E-state index in [1.807, 2.05) is 49.1 Å². The molecule has 0 heterocycles. The van der Waals surface area contributed by atoms with Crippen LogP contribution < -0.4 is 19.3 Å². The molecule has 2 unspecified atom stereocenters. The number of carbonyl (C=O) groups excluding carboxylic acids is 1. The third kappa shape index (κ3) is 9.08. The van der Waals surface area contributed by atoms with Crippen LogP contribution in [0.2, 0.25) is 0 Å². The Balaban J connectivity index is 1.82. The van der Waals surface area contributed by atoms with Gasteiger partial charge in [0.25, 0.3) is 0 Å². The average molecular weight is 590 g/mol. The third-order valence-electron chi connectivity index (χ3n) is 7.96. The monoisotopic (exact) mass is 589 g/mol. The second-order valence-electron chi connectivity index (χ2n) is 11.3. The highest BCUT2D eigenvalue weighted by Crippen LogP contribution is 2.34. The molecule has 0 spiro atoms. The summed E-state index contributed by atoms with van der Waals surface area (Å²) in [5, 5.41) is 5.45. The van der Waals surface area contributed by atoms with Crippen molar-refractivity contribution in [3.63, 3.8) is 0 Å². The molecule has 4 atom stereocenters. The number of hydrogen-bond acceptors (Lipinski definition) is 7. The van der Waals surface area contributed by atoms with E-state index in [-0.39, 0.29) is 28.5 Å². The lowest BCUT2D eigenvalue weighted by atomic mass is 9.76. The van der Waals surface area contributed by atoms with Gasteiger partial charge in [0, 0.05) is 18.5 Å². The molecule has 1 saturated carbocycles. The maximum atomic E-state index is 13.9. The van der Waals surface area contributed by atoms with E-state index < -0.39 is 10.0 Å². The van der Waals surface area contributed by atoms with E-state index in [4.69, 9.17) is 19.3 Å². The zero-order valence-electron chi connectivity index (χ0n) is 25.3. The molecule has 0 saturated heterocycles. The summed E-state index contributed by atoms with van der Waals surface area (Å²) < 4.78 is 41.3. The fraction of sp³-hybridized carbons (Fsp3) is 0.581. The first-order chi connectivity index (χ1) is 19.4. The van der Waals surface area contributed by atoms with Crippen LogP contribution in [0.15, 0.2) is 47.4 Å². The van der Waals surface area contributed by atoms with Crippen molar-refractivity contribution >= 4 is 15.9 Å². The minimum Gasteiger partial charge on any atom is -0.495 e. The fourth-order valence-corrected chi connectivity index (χ4v) is 6.68. The molecular weight excluding hydrogens is 542 g/mol. The third-order valence-corrected chi connectivity index (χ3v) is 8.89. The summed E-state index contributed by atoms with van der Waals surface area (Å²) in [6.45, 7) is 7.38. The van der Waals surface area contributed by atoms with Crippen LogP contribution in [0.5, 0.6) is 17.2 Å². The second kappa shape index (κ2) is 14.9. The molecule has 1 fully saturated rings. The zero-order chi connectivity index (χ0) is 30.2. The highest BCUT2D eigenvalue weighted by molar-refractivity contribution is 7.89. The molecular formula is C31H47N3O6S. The quantitative estimate of drug-likeness (QED) is 0.349. The Kier molecular flexibility index (Phi) is 11.9. The van der Waals surface area contributed by atoms with Crippen molar-refractivity contribution in [2.75, 3.05) is 41.0 Å².